The van der Waals surface area contributed by atoms with E-state index < -0.39 is 26.7 Å². The van der Waals surface area contributed by atoms with E-state index in [1.165, 1.54) is 11.7 Å². The van der Waals surface area contributed by atoms with Crippen LogP contribution in [0.2, 0.25) is 0 Å². The molecule has 0 spiro atoms. The quantitative estimate of drug-likeness (QED) is 0.717. The lowest BCUT2D eigenvalue weighted by molar-refractivity contribution is -0.139. The van der Waals surface area contributed by atoms with Gasteiger partial charge in [-0.3, -0.25) is 4.57 Å². The van der Waals surface area contributed by atoms with Crippen molar-refractivity contribution in [2.75, 3.05) is 12.8 Å². The third-order valence-electron chi connectivity index (χ3n) is 3.72. The standard InChI is InChI=1S/C15H13F3N4O3S/c1-25-12-5-3-2-4-10(12)22-11-7-13(26(20,23)24)8(15(16,17)18)6-9(11)21-14(22)19/h2-7H,1H3,(H2,19,21)(H2,20,23,24). The van der Waals surface area contributed by atoms with Gasteiger partial charge >= 0.3 is 6.18 Å². The van der Waals surface area contributed by atoms with Crippen LogP contribution >= 0.6 is 0 Å². The first-order chi connectivity index (χ1) is 12.0. The fourth-order valence-corrected chi connectivity index (χ4v) is 3.40. The zero-order valence-corrected chi connectivity index (χ0v) is 14.1. The SMILES string of the molecule is COc1ccccc1-n1c(N)nc2cc(C(F)(F)F)c(S(N)(=O)=O)cc21. The average Bonchev–Trinajstić information content (AvgIpc) is 2.86. The molecule has 0 radical (unpaired) electrons. The second-order valence-electron chi connectivity index (χ2n) is 5.36. The van der Waals surface area contributed by atoms with E-state index in [4.69, 9.17) is 15.6 Å². The first-order valence-electron chi connectivity index (χ1n) is 7.09. The fraction of sp³-hybridized carbons (Fsp3) is 0.133. The number of nitrogens with zero attached hydrogens (tertiary/aromatic N) is 2. The van der Waals surface area contributed by atoms with Gasteiger partial charge in [-0.1, -0.05) is 12.1 Å². The molecule has 7 nitrogen and oxygen atoms in total. The van der Waals surface area contributed by atoms with E-state index in [-0.39, 0.29) is 17.0 Å². The Kier molecular flexibility index (Phi) is 4.08. The Morgan fingerprint density at radius 2 is 1.85 bits per heavy atom. The number of nitrogens with two attached hydrogens (primary N) is 2. The number of benzene rings is 2. The summed E-state index contributed by atoms with van der Waals surface area (Å²) < 4.78 is 69.7. The summed E-state index contributed by atoms with van der Waals surface area (Å²) in [7, 11) is -3.24. The maximum absolute atomic E-state index is 13.2. The summed E-state index contributed by atoms with van der Waals surface area (Å²) in [6.07, 6.45) is -4.93. The molecule has 26 heavy (non-hydrogen) atoms. The zero-order valence-electron chi connectivity index (χ0n) is 13.3. The number of alkyl halides is 3. The van der Waals surface area contributed by atoms with Crippen molar-refractivity contribution in [3.8, 4) is 11.4 Å². The molecule has 0 unspecified atom stereocenters. The number of sulfonamides is 1. The molecule has 1 aromatic heterocycles. The molecule has 2 aromatic carbocycles. The van der Waals surface area contributed by atoms with Crippen LogP contribution in [0.3, 0.4) is 0 Å². The van der Waals surface area contributed by atoms with Crippen molar-refractivity contribution in [1.82, 2.24) is 9.55 Å². The molecule has 0 bridgehead atoms. The molecule has 138 valence electrons. The fourth-order valence-electron chi connectivity index (χ4n) is 2.65. The highest BCUT2D eigenvalue weighted by atomic mass is 32.2. The van der Waals surface area contributed by atoms with Crippen molar-refractivity contribution in [2.24, 2.45) is 5.14 Å². The van der Waals surface area contributed by atoms with Crippen molar-refractivity contribution in [2.45, 2.75) is 11.1 Å². The molecule has 4 N–H and O–H groups in total. The highest BCUT2D eigenvalue weighted by molar-refractivity contribution is 7.89. The third-order valence-corrected chi connectivity index (χ3v) is 4.67. The largest absolute Gasteiger partial charge is 0.495 e. The summed E-state index contributed by atoms with van der Waals surface area (Å²) in [5.41, 5.74) is 4.75. The minimum absolute atomic E-state index is 0.0454. The molecule has 0 aliphatic rings. The summed E-state index contributed by atoms with van der Waals surface area (Å²) in [5, 5.41) is 4.98. The van der Waals surface area contributed by atoms with Gasteiger partial charge in [0.2, 0.25) is 16.0 Å². The van der Waals surface area contributed by atoms with E-state index in [0.29, 0.717) is 17.5 Å². The third kappa shape index (κ3) is 2.95. The first kappa shape index (κ1) is 18.0. The van der Waals surface area contributed by atoms with Gasteiger partial charge < -0.3 is 10.5 Å². The molecule has 11 heteroatoms. The van der Waals surface area contributed by atoms with Crippen LogP contribution in [0.1, 0.15) is 5.56 Å². The second kappa shape index (κ2) is 5.88. The van der Waals surface area contributed by atoms with Gasteiger partial charge in [-0.25, -0.2) is 18.5 Å². The molecule has 0 amide bonds. The van der Waals surface area contributed by atoms with Gasteiger partial charge in [-0.15, -0.1) is 0 Å². The topological polar surface area (TPSA) is 113 Å². The van der Waals surface area contributed by atoms with Crippen molar-refractivity contribution in [3.63, 3.8) is 0 Å². The molecule has 0 aliphatic carbocycles. The van der Waals surface area contributed by atoms with Gasteiger partial charge in [0.25, 0.3) is 0 Å². The lowest BCUT2D eigenvalue weighted by Crippen LogP contribution is -2.19. The number of aromatic nitrogens is 2. The monoisotopic (exact) mass is 386 g/mol. The van der Waals surface area contributed by atoms with Crippen LogP contribution < -0.4 is 15.6 Å². The van der Waals surface area contributed by atoms with Crippen LogP contribution in [0.4, 0.5) is 19.1 Å². The number of ether oxygens (including phenoxy) is 1. The molecular weight excluding hydrogens is 373 g/mol. The Morgan fingerprint density at radius 1 is 1.19 bits per heavy atom. The van der Waals surface area contributed by atoms with E-state index in [9.17, 15) is 21.6 Å². The Labute approximate surface area is 146 Å². The van der Waals surface area contributed by atoms with E-state index in [1.807, 2.05) is 0 Å². The molecule has 0 atom stereocenters. The van der Waals surface area contributed by atoms with Gasteiger partial charge in [0, 0.05) is 0 Å². The Balaban J connectivity index is 2.43. The van der Waals surface area contributed by atoms with Gasteiger partial charge in [0.1, 0.15) is 5.75 Å². The first-order valence-corrected chi connectivity index (χ1v) is 8.64. The number of nitrogen functional groups attached to an aromatic ring is 1. The molecule has 3 aromatic rings. The number of primary sulfonamides is 1. The molecular formula is C15H13F3N4O3S. The smallest absolute Gasteiger partial charge is 0.417 e. The molecule has 3 rings (SSSR count). The number of imidazole rings is 1. The Morgan fingerprint density at radius 3 is 2.42 bits per heavy atom. The van der Waals surface area contributed by atoms with E-state index in [0.717, 1.165) is 6.07 Å². The Hall–Kier alpha value is -2.79. The minimum atomic E-state index is -4.93. The summed E-state index contributed by atoms with van der Waals surface area (Å²) in [6, 6.07) is 7.99. The number of anilines is 1. The van der Waals surface area contributed by atoms with Crippen LogP contribution in [-0.4, -0.2) is 25.1 Å². The van der Waals surface area contributed by atoms with E-state index in [1.54, 1.807) is 24.3 Å². The van der Waals surface area contributed by atoms with Crippen LogP contribution in [0.15, 0.2) is 41.3 Å². The van der Waals surface area contributed by atoms with Crippen LogP contribution in [0.5, 0.6) is 5.75 Å². The molecule has 0 saturated heterocycles. The van der Waals surface area contributed by atoms with Crippen molar-refractivity contribution < 1.29 is 26.3 Å². The number of para-hydroxylation sites is 2. The average molecular weight is 386 g/mol. The van der Waals surface area contributed by atoms with Gasteiger partial charge in [0.05, 0.1) is 34.3 Å². The van der Waals surface area contributed by atoms with Crippen LogP contribution in [-0.2, 0) is 16.2 Å². The van der Waals surface area contributed by atoms with Crippen LogP contribution in [0.25, 0.3) is 16.7 Å². The van der Waals surface area contributed by atoms with Gasteiger partial charge in [-0.05, 0) is 24.3 Å². The van der Waals surface area contributed by atoms with Crippen molar-refractivity contribution >= 4 is 27.0 Å². The number of methoxy groups -OCH3 is 1. The molecule has 0 aliphatic heterocycles. The number of hydrogen-bond acceptors (Lipinski definition) is 5. The molecule has 0 saturated carbocycles. The minimum Gasteiger partial charge on any atom is -0.495 e. The molecule has 1 heterocycles. The van der Waals surface area contributed by atoms with Crippen LogP contribution in [0, 0.1) is 0 Å². The number of halogens is 3. The summed E-state index contributed by atoms with van der Waals surface area (Å²) in [6.45, 7) is 0. The number of fused-ring (bicyclic) bond motifs is 1. The van der Waals surface area contributed by atoms with Gasteiger partial charge in [0.15, 0.2) is 0 Å². The summed E-state index contributed by atoms with van der Waals surface area (Å²) >= 11 is 0. The maximum Gasteiger partial charge on any atom is 0.417 e. The molecule has 0 fully saturated rings. The van der Waals surface area contributed by atoms with Crippen molar-refractivity contribution in [1.29, 1.82) is 0 Å². The lowest BCUT2D eigenvalue weighted by atomic mass is 10.2. The zero-order chi connectivity index (χ0) is 19.3. The van der Waals surface area contributed by atoms with Crippen molar-refractivity contribution in [3.05, 3.63) is 42.0 Å². The predicted octanol–water partition coefficient (Wildman–Crippen LogP) is 2.28. The number of rotatable bonds is 3. The lowest BCUT2D eigenvalue weighted by Gasteiger charge is -2.14. The maximum atomic E-state index is 13.2. The van der Waals surface area contributed by atoms with Gasteiger partial charge in [-0.2, -0.15) is 13.2 Å². The Bertz CT molecular complexity index is 1110. The second-order valence-corrected chi connectivity index (χ2v) is 6.89. The summed E-state index contributed by atoms with van der Waals surface area (Å²) in [5.74, 6) is 0.236. The summed E-state index contributed by atoms with van der Waals surface area (Å²) in [4.78, 5) is 2.85. The predicted molar refractivity (Wildman–Crippen MR) is 88.4 cm³/mol. The van der Waals surface area contributed by atoms with E-state index in [2.05, 4.69) is 4.98 Å². The number of hydrogen-bond donors (Lipinski definition) is 2. The normalized spacial score (nSPS) is 12.5. The highest BCUT2D eigenvalue weighted by Crippen LogP contribution is 2.38. The highest BCUT2D eigenvalue weighted by Gasteiger charge is 2.37. The van der Waals surface area contributed by atoms with E-state index >= 15 is 0 Å².